The van der Waals surface area contributed by atoms with Gasteiger partial charge in [0.15, 0.2) is 0 Å². The Labute approximate surface area is 106 Å². The maximum absolute atomic E-state index is 13.7. The number of aromatic carboxylic acids is 1. The first-order valence-electron chi connectivity index (χ1n) is 4.97. The van der Waals surface area contributed by atoms with Crippen molar-refractivity contribution in [1.29, 1.82) is 0 Å². The van der Waals surface area contributed by atoms with Crippen LogP contribution in [0.4, 0.5) is 8.78 Å². The highest BCUT2D eigenvalue weighted by atomic mass is 35.5. The predicted octanol–water partition coefficient (Wildman–Crippen LogP) is 3.98. The number of carboxylic acids is 1. The van der Waals surface area contributed by atoms with Crippen LogP contribution in [0.15, 0.2) is 36.4 Å². The van der Waals surface area contributed by atoms with Gasteiger partial charge in [-0.25, -0.2) is 13.6 Å². The van der Waals surface area contributed by atoms with Gasteiger partial charge >= 0.3 is 5.97 Å². The molecule has 0 aromatic heterocycles. The van der Waals surface area contributed by atoms with Crippen LogP contribution in [0.2, 0.25) is 5.02 Å². The molecule has 18 heavy (non-hydrogen) atoms. The summed E-state index contributed by atoms with van der Waals surface area (Å²) >= 11 is 5.74. The number of hydrogen-bond donors (Lipinski definition) is 1. The minimum atomic E-state index is -1.38. The third kappa shape index (κ3) is 2.33. The summed E-state index contributed by atoms with van der Waals surface area (Å²) in [6, 6.07) is 7.59. The van der Waals surface area contributed by atoms with Crippen molar-refractivity contribution in [3.63, 3.8) is 0 Å². The van der Waals surface area contributed by atoms with Gasteiger partial charge in [0, 0.05) is 5.02 Å². The number of halogens is 3. The average molecular weight is 269 g/mol. The van der Waals surface area contributed by atoms with Crippen LogP contribution in [-0.4, -0.2) is 11.1 Å². The van der Waals surface area contributed by atoms with E-state index in [1.807, 2.05) is 0 Å². The lowest BCUT2D eigenvalue weighted by Gasteiger charge is -2.07. The Kier molecular flexibility index (Phi) is 3.30. The molecule has 0 unspecified atom stereocenters. The smallest absolute Gasteiger partial charge is 0.335 e. The molecule has 1 N–H and O–H groups in total. The molecular weight excluding hydrogens is 262 g/mol. The van der Waals surface area contributed by atoms with Gasteiger partial charge in [-0.1, -0.05) is 23.7 Å². The minimum Gasteiger partial charge on any atom is -0.478 e. The van der Waals surface area contributed by atoms with Crippen LogP contribution in [0.25, 0.3) is 11.1 Å². The molecule has 0 saturated carbocycles. The summed E-state index contributed by atoms with van der Waals surface area (Å²) in [4.78, 5) is 10.7. The van der Waals surface area contributed by atoms with Crippen molar-refractivity contribution in [3.05, 3.63) is 58.6 Å². The van der Waals surface area contributed by atoms with Crippen LogP contribution in [0.1, 0.15) is 10.4 Å². The van der Waals surface area contributed by atoms with E-state index in [1.165, 1.54) is 12.1 Å². The highest BCUT2D eigenvalue weighted by molar-refractivity contribution is 6.30. The highest BCUT2D eigenvalue weighted by Gasteiger charge is 2.16. The Bertz CT molecular complexity index is 603. The molecule has 2 aromatic carbocycles. The van der Waals surface area contributed by atoms with Gasteiger partial charge in [0.25, 0.3) is 0 Å². The van der Waals surface area contributed by atoms with Crippen molar-refractivity contribution in [1.82, 2.24) is 0 Å². The summed E-state index contributed by atoms with van der Waals surface area (Å²) in [6.07, 6.45) is 0. The molecule has 2 nitrogen and oxygen atoms in total. The molecule has 0 amide bonds. The van der Waals surface area contributed by atoms with Crippen molar-refractivity contribution in [2.45, 2.75) is 0 Å². The zero-order chi connectivity index (χ0) is 13.3. The van der Waals surface area contributed by atoms with E-state index in [0.29, 0.717) is 5.02 Å². The van der Waals surface area contributed by atoms with E-state index in [0.717, 1.165) is 12.1 Å². The number of benzene rings is 2. The van der Waals surface area contributed by atoms with Gasteiger partial charge < -0.3 is 5.11 Å². The normalized spacial score (nSPS) is 10.4. The molecule has 0 radical (unpaired) electrons. The molecule has 0 spiro atoms. The second-order valence-corrected chi connectivity index (χ2v) is 4.07. The summed E-state index contributed by atoms with van der Waals surface area (Å²) in [5.41, 5.74) is -0.465. The lowest BCUT2D eigenvalue weighted by atomic mass is 10.0. The van der Waals surface area contributed by atoms with Gasteiger partial charge in [-0.05, 0) is 29.8 Å². The van der Waals surface area contributed by atoms with E-state index < -0.39 is 23.2 Å². The first-order valence-corrected chi connectivity index (χ1v) is 5.35. The molecule has 5 heteroatoms. The Hall–Kier alpha value is -1.94. The zero-order valence-electron chi connectivity index (χ0n) is 8.95. The monoisotopic (exact) mass is 268 g/mol. The van der Waals surface area contributed by atoms with Crippen LogP contribution in [-0.2, 0) is 0 Å². The Morgan fingerprint density at radius 3 is 2.22 bits per heavy atom. The first kappa shape index (κ1) is 12.5. The molecule has 0 aliphatic heterocycles. The largest absolute Gasteiger partial charge is 0.478 e. The Morgan fingerprint density at radius 1 is 1.11 bits per heavy atom. The van der Waals surface area contributed by atoms with E-state index in [2.05, 4.69) is 0 Å². The van der Waals surface area contributed by atoms with E-state index >= 15 is 0 Å². The summed E-state index contributed by atoms with van der Waals surface area (Å²) < 4.78 is 27.5. The lowest BCUT2D eigenvalue weighted by molar-refractivity contribution is 0.0696. The van der Waals surface area contributed by atoms with E-state index in [4.69, 9.17) is 16.7 Å². The second kappa shape index (κ2) is 4.74. The van der Waals surface area contributed by atoms with Gasteiger partial charge in [0.2, 0.25) is 0 Å². The van der Waals surface area contributed by atoms with E-state index in [9.17, 15) is 13.6 Å². The second-order valence-electron chi connectivity index (χ2n) is 3.63. The fraction of sp³-hybridized carbons (Fsp3) is 0. The molecule has 0 saturated heterocycles. The molecule has 2 aromatic rings. The maximum Gasteiger partial charge on any atom is 0.335 e. The van der Waals surface area contributed by atoms with Crippen LogP contribution in [0.5, 0.6) is 0 Å². The topological polar surface area (TPSA) is 37.3 Å². The predicted molar refractivity (Wildman–Crippen MR) is 63.8 cm³/mol. The van der Waals surface area contributed by atoms with Crippen LogP contribution < -0.4 is 0 Å². The summed E-state index contributed by atoms with van der Waals surface area (Å²) in [5.74, 6) is -3.25. The van der Waals surface area contributed by atoms with Crippen LogP contribution >= 0.6 is 11.6 Å². The van der Waals surface area contributed by atoms with Crippen molar-refractivity contribution in [2.75, 3.05) is 0 Å². The Morgan fingerprint density at radius 2 is 1.72 bits per heavy atom. The van der Waals surface area contributed by atoms with Gasteiger partial charge in [0.1, 0.15) is 11.6 Å². The quantitative estimate of drug-likeness (QED) is 0.894. The van der Waals surface area contributed by atoms with Gasteiger partial charge in [-0.3, -0.25) is 0 Å². The number of carbonyl (C=O) groups is 1. The number of rotatable bonds is 2. The lowest BCUT2D eigenvalue weighted by Crippen LogP contribution is -2.00. The first-order chi connectivity index (χ1) is 8.49. The fourth-order valence-electron chi connectivity index (χ4n) is 1.62. The molecule has 2 rings (SSSR count). The minimum absolute atomic E-state index is 0.259. The standard InChI is InChI=1S/C13H7ClF2O2/c14-9-3-1-2-7(4-9)12-10(15)5-8(13(17)18)6-11(12)16/h1-6H,(H,17,18). The SMILES string of the molecule is O=C(O)c1cc(F)c(-c2cccc(Cl)c2)c(F)c1. The van der Waals surface area contributed by atoms with Gasteiger partial charge in [0.05, 0.1) is 11.1 Å². The van der Waals surface area contributed by atoms with E-state index in [-0.39, 0.29) is 11.1 Å². The molecular formula is C13H7ClF2O2. The highest BCUT2D eigenvalue weighted by Crippen LogP contribution is 2.29. The van der Waals surface area contributed by atoms with Gasteiger partial charge in [-0.15, -0.1) is 0 Å². The molecule has 0 heterocycles. The van der Waals surface area contributed by atoms with Crippen molar-refractivity contribution in [3.8, 4) is 11.1 Å². The number of hydrogen-bond acceptors (Lipinski definition) is 1. The maximum atomic E-state index is 13.7. The summed E-state index contributed by atoms with van der Waals surface area (Å²) in [5, 5.41) is 9.03. The molecule has 0 aliphatic carbocycles. The van der Waals surface area contributed by atoms with Crippen LogP contribution in [0.3, 0.4) is 0 Å². The summed E-state index contributed by atoms with van der Waals surface area (Å²) in [6.45, 7) is 0. The molecule has 0 bridgehead atoms. The molecule has 0 fully saturated rings. The average Bonchev–Trinajstić information content (AvgIpc) is 2.27. The van der Waals surface area contributed by atoms with Gasteiger partial charge in [-0.2, -0.15) is 0 Å². The zero-order valence-corrected chi connectivity index (χ0v) is 9.71. The molecule has 0 aliphatic rings. The van der Waals surface area contributed by atoms with Crippen molar-refractivity contribution < 1.29 is 18.7 Å². The molecule has 92 valence electrons. The van der Waals surface area contributed by atoms with Crippen molar-refractivity contribution >= 4 is 17.6 Å². The fourth-order valence-corrected chi connectivity index (χ4v) is 1.81. The molecule has 0 atom stereocenters. The Balaban J connectivity index is 2.62. The van der Waals surface area contributed by atoms with E-state index in [1.54, 1.807) is 12.1 Å². The third-order valence-corrected chi connectivity index (χ3v) is 2.64. The van der Waals surface area contributed by atoms with Crippen LogP contribution in [0, 0.1) is 11.6 Å². The van der Waals surface area contributed by atoms with Crippen molar-refractivity contribution in [2.24, 2.45) is 0 Å². The summed E-state index contributed by atoms with van der Waals surface area (Å²) in [7, 11) is 0. The third-order valence-electron chi connectivity index (χ3n) is 2.40. The number of carboxylic acid groups (broad SMARTS) is 1.